The molecule has 1 saturated heterocycles. The molecular weight excluding hydrogens is 384 g/mol. The van der Waals surface area contributed by atoms with Crippen molar-refractivity contribution in [2.75, 3.05) is 12.3 Å². The maximum absolute atomic E-state index is 12.3. The van der Waals surface area contributed by atoms with Crippen molar-refractivity contribution in [3.8, 4) is 0 Å². The van der Waals surface area contributed by atoms with Gasteiger partial charge in [-0.15, -0.1) is 11.3 Å². The van der Waals surface area contributed by atoms with Gasteiger partial charge in [-0.1, -0.05) is 6.07 Å². The second kappa shape index (κ2) is 7.14. The zero-order valence-corrected chi connectivity index (χ0v) is 15.3. The van der Waals surface area contributed by atoms with E-state index in [0.29, 0.717) is 4.91 Å². The largest absolute Gasteiger partial charge is 0.349 e. The fourth-order valence-corrected chi connectivity index (χ4v) is 5.18. The Morgan fingerprint density at radius 2 is 2.20 bits per heavy atom. The monoisotopic (exact) mass is 398 g/mol. The molecule has 2 aliphatic heterocycles. The molecule has 2 aliphatic rings. The van der Waals surface area contributed by atoms with Crippen molar-refractivity contribution in [3.63, 3.8) is 0 Å². The number of rotatable bonds is 5. The van der Waals surface area contributed by atoms with Crippen molar-refractivity contribution in [3.05, 3.63) is 38.8 Å². The minimum atomic E-state index is -3.25. The van der Waals surface area contributed by atoms with Crippen molar-refractivity contribution in [1.29, 1.82) is 0 Å². The van der Waals surface area contributed by atoms with Gasteiger partial charge in [0.15, 0.2) is 9.84 Å². The summed E-state index contributed by atoms with van der Waals surface area (Å²) in [5.74, 6) is -0.989. The van der Waals surface area contributed by atoms with Crippen LogP contribution in [0.5, 0.6) is 0 Å². The van der Waals surface area contributed by atoms with Gasteiger partial charge in [0.1, 0.15) is 0 Å². The van der Waals surface area contributed by atoms with E-state index in [0.717, 1.165) is 26.9 Å². The highest BCUT2D eigenvalue weighted by Gasteiger charge is 2.35. The third-order valence-electron chi connectivity index (χ3n) is 3.53. The Morgan fingerprint density at radius 3 is 2.84 bits per heavy atom. The Kier molecular flexibility index (Phi) is 5.11. The number of carbonyl (C=O) groups is 3. The lowest BCUT2D eigenvalue weighted by Crippen LogP contribution is -2.38. The Balaban J connectivity index is 1.54. The molecule has 1 aromatic heterocycles. The van der Waals surface area contributed by atoms with E-state index in [4.69, 9.17) is 0 Å². The van der Waals surface area contributed by atoms with E-state index in [1.807, 2.05) is 17.5 Å². The van der Waals surface area contributed by atoms with E-state index in [9.17, 15) is 22.8 Å². The van der Waals surface area contributed by atoms with E-state index in [1.54, 1.807) is 6.08 Å². The molecule has 0 radical (unpaired) electrons. The van der Waals surface area contributed by atoms with Gasteiger partial charge in [0.25, 0.3) is 11.1 Å². The molecule has 3 amide bonds. The molecule has 7 nitrogen and oxygen atoms in total. The number of nitrogens with one attached hydrogen (secondary N) is 1. The average molecular weight is 398 g/mol. The number of nitrogens with zero attached hydrogens (tertiary/aromatic N) is 1. The topological polar surface area (TPSA) is 101 Å². The van der Waals surface area contributed by atoms with Gasteiger partial charge in [-0.3, -0.25) is 19.3 Å². The van der Waals surface area contributed by atoms with Crippen molar-refractivity contribution < 1.29 is 22.8 Å². The van der Waals surface area contributed by atoms with Crippen LogP contribution in [0.4, 0.5) is 4.79 Å². The van der Waals surface area contributed by atoms with Crippen LogP contribution in [-0.4, -0.2) is 48.7 Å². The summed E-state index contributed by atoms with van der Waals surface area (Å²) >= 11 is 2.31. The maximum atomic E-state index is 12.3. The van der Waals surface area contributed by atoms with Crippen LogP contribution < -0.4 is 5.32 Å². The molecule has 1 fully saturated rings. The van der Waals surface area contributed by atoms with E-state index in [1.165, 1.54) is 17.4 Å². The van der Waals surface area contributed by atoms with Gasteiger partial charge < -0.3 is 5.32 Å². The highest BCUT2D eigenvalue weighted by atomic mass is 32.2. The van der Waals surface area contributed by atoms with E-state index in [-0.39, 0.29) is 18.7 Å². The number of thiophene rings is 1. The SMILES string of the molecule is O=C(CCN1C(=O)S/C(=C\c2cccs2)C1=O)N[C@H]1C=CS(=O)(=O)C1. The number of amides is 3. The minimum absolute atomic E-state index is 0.0402. The Labute approximate surface area is 152 Å². The molecule has 0 aliphatic carbocycles. The summed E-state index contributed by atoms with van der Waals surface area (Å²) < 4.78 is 22.6. The number of thioether (sulfide) groups is 1. The molecule has 1 aromatic rings. The predicted molar refractivity (Wildman–Crippen MR) is 96.5 cm³/mol. The Hall–Kier alpha value is -1.91. The fourth-order valence-electron chi connectivity index (χ4n) is 2.35. The molecule has 132 valence electrons. The molecule has 25 heavy (non-hydrogen) atoms. The van der Waals surface area contributed by atoms with Gasteiger partial charge in [0.05, 0.1) is 16.7 Å². The van der Waals surface area contributed by atoms with Crippen molar-refractivity contribution in [2.45, 2.75) is 12.5 Å². The fraction of sp³-hybridized carbons (Fsp3) is 0.267. The molecule has 3 rings (SSSR count). The highest BCUT2D eigenvalue weighted by Crippen LogP contribution is 2.32. The summed E-state index contributed by atoms with van der Waals surface area (Å²) in [6, 6.07) is 3.13. The number of hydrogen-bond acceptors (Lipinski definition) is 7. The van der Waals surface area contributed by atoms with Crippen molar-refractivity contribution in [2.24, 2.45) is 0 Å². The van der Waals surface area contributed by atoms with Crippen LogP contribution in [0, 0.1) is 0 Å². The number of sulfone groups is 1. The number of carbonyl (C=O) groups excluding carboxylic acids is 3. The smallest absolute Gasteiger partial charge is 0.293 e. The third kappa shape index (κ3) is 4.39. The lowest BCUT2D eigenvalue weighted by molar-refractivity contribution is -0.124. The molecule has 10 heteroatoms. The summed E-state index contributed by atoms with van der Waals surface area (Å²) in [6.07, 6.45) is 3.00. The van der Waals surface area contributed by atoms with Gasteiger partial charge in [-0.2, -0.15) is 0 Å². The quantitative estimate of drug-likeness (QED) is 0.756. The second-order valence-electron chi connectivity index (χ2n) is 5.43. The van der Waals surface area contributed by atoms with Crippen molar-refractivity contribution >= 4 is 56.1 Å². The van der Waals surface area contributed by atoms with Gasteiger partial charge >= 0.3 is 0 Å². The maximum Gasteiger partial charge on any atom is 0.293 e. The zero-order valence-electron chi connectivity index (χ0n) is 12.9. The lowest BCUT2D eigenvalue weighted by Gasteiger charge is -2.14. The first kappa shape index (κ1) is 17.9. The summed E-state index contributed by atoms with van der Waals surface area (Å²) in [6.45, 7) is -0.0402. The number of hydrogen-bond donors (Lipinski definition) is 1. The molecule has 0 saturated carbocycles. The average Bonchev–Trinajstić information content (AvgIpc) is 3.21. The van der Waals surface area contributed by atoms with Crippen LogP contribution in [0.25, 0.3) is 6.08 Å². The summed E-state index contributed by atoms with van der Waals surface area (Å²) in [7, 11) is -3.25. The molecule has 0 spiro atoms. The van der Waals surface area contributed by atoms with Crippen LogP contribution in [-0.2, 0) is 19.4 Å². The summed E-state index contributed by atoms with van der Waals surface area (Å²) in [5, 5.41) is 5.10. The van der Waals surface area contributed by atoms with E-state index < -0.39 is 32.9 Å². The molecular formula is C15H14N2O5S3. The van der Waals surface area contributed by atoms with Gasteiger partial charge in [-0.25, -0.2) is 8.42 Å². The second-order valence-corrected chi connectivity index (χ2v) is 9.33. The first-order valence-corrected chi connectivity index (χ1v) is 10.7. The van der Waals surface area contributed by atoms with Gasteiger partial charge in [0.2, 0.25) is 5.91 Å². The standard InChI is InChI=1S/C15H14N2O5S3/c18-13(16-10-4-7-25(21,22)9-10)3-5-17-14(19)12(24-15(17)20)8-11-2-1-6-23-11/h1-2,4,6-8,10H,3,5,9H2,(H,16,18)/b12-8-/t10-/m0/s1. The Morgan fingerprint density at radius 1 is 1.40 bits per heavy atom. The normalized spacial score (nSPS) is 23.6. The summed E-state index contributed by atoms with van der Waals surface area (Å²) in [4.78, 5) is 38.4. The van der Waals surface area contributed by atoms with Crippen LogP contribution in [0.3, 0.4) is 0 Å². The molecule has 1 N–H and O–H groups in total. The summed E-state index contributed by atoms with van der Waals surface area (Å²) in [5.41, 5.74) is 0. The van der Waals surface area contributed by atoms with Crippen LogP contribution in [0.2, 0.25) is 0 Å². The molecule has 3 heterocycles. The van der Waals surface area contributed by atoms with Crippen molar-refractivity contribution in [1.82, 2.24) is 10.2 Å². The zero-order chi connectivity index (χ0) is 18.0. The van der Waals surface area contributed by atoms with Crippen LogP contribution in [0.1, 0.15) is 11.3 Å². The molecule has 0 aromatic carbocycles. The molecule has 0 unspecified atom stereocenters. The molecule has 0 bridgehead atoms. The first-order chi connectivity index (χ1) is 11.8. The highest BCUT2D eigenvalue weighted by molar-refractivity contribution is 8.18. The third-order valence-corrected chi connectivity index (χ3v) is 6.65. The lowest BCUT2D eigenvalue weighted by atomic mass is 10.3. The van der Waals surface area contributed by atoms with Gasteiger partial charge in [-0.05, 0) is 35.4 Å². The number of imide groups is 1. The van der Waals surface area contributed by atoms with Crippen LogP contribution >= 0.6 is 23.1 Å². The van der Waals surface area contributed by atoms with E-state index in [2.05, 4.69) is 5.32 Å². The predicted octanol–water partition coefficient (Wildman–Crippen LogP) is 1.60. The van der Waals surface area contributed by atoms with Crippen LogP contribution in [0.15, 0.2) is 33.9 Å². The minimum Gasteiger partial charge on any atom is -0.349 e. The molecule has 1 atom stereocenters. The van der Waals surface area contributed by atoms with E-state index >= 15 is 0 Å². The Bertz CT molecular complexity index is 871. The first-order valence-electron chi connectivity index (χ1n) is 7.33. The van der Waals surface area contributed by atoms with Gasteiger partial charge in [0, 0.05) is 23.3 Å².